The molecule has 5 nitrogen and oxygen atoms in total. The first-order valence-corrected chi connectivity index (χ1v) is 10.4. The Bertz CT molecular complexity index is 1250. The van der Waals surface area contributed by atoms with Gasteiger partial charge in [0.05, 0.1) is 18.3 Å². The minimum Gasteiger partial charge on any atom is -0.486 e. The van der Waals surface area contributed by atoms with Gasteiger partial charge in [0.25, 0.3) is 10.0 Å². The number of sulfonamides is 1. The molecule has 32 heavy (non-hydrogen) atoms. The molecule has 0 saturated heterocycles. The van der Waals surface area contributed by atoms with Gasteiger partial charge in [0, 0.05) is 6.07 Å². The Kier molecular flexibility index (Phi) is 6.51. The van der Waals surface area contributed by atoms with Crippen LogP contribution in [0.4, 0.5) is 27.6 Å². The molecule has 0 heterocycles. The lowest BCUT2D eigenvalue weighted by Gasteiger charge is -2.24. The number of benzene rings is 2. The highest BCUT2D eigenvalue weighted by Gasteiger charge is 2.40. The van der Waals surface area contributed by atoms with Crippen LogP contribution in [0.3, 0.4) is 0 Å². The normalized spacial score (nSPS) is 13.2. The molecule has 1 fully saturated rings. The lowest BCUT2D eigenvalue weighted by atomic mass is 10.3. The first-order valence-electron chi connectivity index (χ1n) is 8.98. The van der Waals surface area contributed by atoms with Crippen molar-refractivity contribution >= 4 is 15.7 Å². The summed E-state index contributed by atoms with van der Waals surface area (Å²) in [6.45, 7) is -1.06. The largest absolute Gasteiger partial charge is 0.486 e. The molecule has 11 heteroatoms. The van der Waals surface area contributed by atoms with Gasteiger partial charge >= 0.3 is 0 Å². The molecule has 2 aromatic carbocycles. The number of anilines is 1. The number of hydrogen-bond donors (Lipinski definition) is 0. The average Bonchev–Trinajstić information content (AvgIpc) is 3.57. The highest BCUT2D eigenvalue weighted by molar-refractivity contribution is 7.93. The van der Waals surface area contributed by atoms with Crippen molar-refractivity contribution in [3.8, 4) is 36.2 Å². The van der Waals surface area contributed by atoms with Gasteiger partial charge in [0.15, 0.2) is 33.8 Å². The first kappa shape index (κ1) is 23.2. The van der Waals surface area contributed by atoms with Gasteiger partial charge in [-0.15, -0.1) is 12.8 Å². The van der Waals surface area contributed by atoms with Crippen LogP contribution in [0.5, 0.6) is 11.5 Å². The van der Waals surface area contributed by atoms with Crippen molar-refractivity contribution in [1.29, 1.82) is 0 Å². The summed E-state index contributed by atoms with van der Waals surface area (Å²) in [5.41, 5.74) is -0.421. The summed E-state index contributed by atoms with van der Waals surface area (Å²) in [7, 11) is -5.20. The lowest BCUT2D eigenvalue weighted by Crippen LogP contribution is -2.33. The van der Waals surface area contributed by atoms with E-state index in [2.05, 4.69) is 5.92 Å². The van der Waals surface area contributed by atoms with Crippen LogP contribution in [0.1, 0.15) is 12.8 Å². The maximum atomic E-state index is 14.6. The van der Waals surface area contributed by atoms with Crippen molar-refractivity contribution in [3.63, 3.8) is 0 Å². The van der Waals surface area contributed by atoms with Crippen molar-refractivity contribution < 1.29 is 39.8 Å². The third-order valence-corrected chi connectivity index (χ3v) is 6.09. The maximum Gasteiger partial charge on any atom is 0.272 e. The number of ether oxygens (including phenoxy) is 2. The lowest BCUT2D eigenvalue weighted by molar-refractivity contribution is 0.261. The highest BCUT2D eigenvalue weighted by Crippen LogP contribution is 2.40. The highest BCUT2D eigenvalue weighted by atomic mass is 32.2. The number of hydrogen-bond acceptors (Lipinski definition) is 4. The predicted molar refractivity (Wildman–Crippen MR) is 104 cm³/mol. The summed E-state index contributed by atoms with van der Waals surface area (Å²) in [5, 5.41) is 0. The van der Waals surface area contributed by atoms with Gasteiger partial charge in [-0.05, 0) is 25.0 Å². The van der Waals surface area contributed by atoms with Crippen molar-refractivity contribution in [3.05, 3.63) is 47.3 Å². The van der Waals surface area contributed by atoms with E-state index in [1.807, 2.05) is 5.92 Å². The zero-order valence-electron chi connectivity index (χ0n) is 16.2. The van der Waals surface area contributed by atoms with Crippen LogP contribution in [-0.4, -0.2) is 27.7 Å². The summed E-state index contributed by atoms with van der Waals surface area (Å²) in [6.07, 6.45) is 10.3. The fraction of sp³-hybridized carbons (Fsp3) is 0.238. The van der Waals surface area contributed by atoms with Crippen LogP contribution in [0.25, 0.3) is 0 Å². The van der Waals surface area contributed by atoms with E-state index in [4.69, 9.17) is 22.3 Å². The van der Waals surface area contributed by atoms with E-state index < -0.39 is 68.1 Å². The van der Waals surface area contributed by atoms with E-state index in [1.165, 1.54) is 0 Å². The first-order chi connectivity index (χ1) is 15.1. The van der Waals surface area contributed by atoms with E-state index >= 15 is 0 Å². The van der Waals surface area contributed by atoms with Crippen LogP contribution in [0, 0.1) is 53.8 Å². The van der Waals surface area contributed by atoms with Crippen LogP contribution < -0.4 is 13.8 Å². The zero-order valence-corrected chi connectivity index (χ0v) is 17.0. The Morgan fingerprint density at radius 3 is 2.22 bits per heavy atom. The minimum atomic E-state index is -5.20. The van der Waals surface area contributed by atoms with E-state index in [0.717, 1.165) is 12.1 Å². The van der Waals surface area contributed by atoms with E-state index in [-0.39, 0.29) is 12.4 Å². The molecule has 0 spiro atoms. The molecular formula is C21H14F5NO4S. The minimum absolute atomic E-state index is 0.274. The fourth-order valence-corrected chi connectivity index (χ4v) is 4.21. The molecule has 0 unspecified atom stereocenters. The molecule has 168 valence electrons. The number of terminal acetylenes is 2. The summed E-state index contributed by atoms with van der Waals surface area (Å²) < 4.78 is 108. The monoisotopic (exact) mass is 471 g/mol. The Morgan fingerprint density at radius 1 is 1.00 bits per heavy atom. The number of halogens is 5. The molecule has 0 N–H and O–H groups in total. The fourth-order valence-electron chi connectivity index (χ4n) is 2.67. The van der Waals surface area contributed by atoms with Gasteiger partial charge in [0.1, 0.15) is 6.61 Å². The Balaban J connectivity index is 2.17. The van der Waals surface area contributed by atoms with Gasteiger partial charge in [-0.25, -0.2) is 26.0 Å². The molecular weight excluding hydrogens is 457 g/mol. The molecule has 0 atom stereocenters. The van der Waals surface area contributed by atoms with E-state index in [0.29, 0.717) is 23.2 Å². The smallest absolute Gasteiger partial charge is 0.272 e. The topological polar surface area (TPSA) is 55.8 Å². The SMILES string of the molecule is C#CCOc1ccc(N(CC#C)S(=O)(=O)c2c(F)c(F)c(F)c(F)c2OC2CC2)cc1F. The predicted octanol–water partition coefficient (Wildman–Crippen LogP) is 3.76. The molecule has 2 aromatic rings. The van der Waals surface area contributed by atoms with E-state index in [9.17, 15) is 30.4 Å². The van der Waals surface area contributed by atoms with Crippen molar-refractivity contribution in [2.45, 2.75) is 23.8 Å². The molecule has 1 saturated carbocycles. The Hall–Kier alpha value is -3.44. The van der Waals surface area contributed by atoms with Gasteiger partial charge in [-0.3, -0.25) is 4.31 Å². The second-order valence-corrected chi connectivity index (χ2v) is 8.35. The maximum absolute atomic E-state index is 14.6. The Labute approximate surface area is 180 Å². The standard InChI is InChI=1S/C21H14F5NO4S/c1-3-9-27(12-5-8-15(14(22)11-12)30-10-4-2)32(28,29)21-19(26)17(24)16(23)18(25)20(21)31-13-6-7-13/h1-2,5,8,11,13H,6-7,9-10H2. The number of rotatable bonds is 8. The summed E-state index contributed by atoms with van der Waals surface area (Å²) in [6, 6.07) is 2.78. The molecule has 0 aromatic heterocycles. The van der Waals surface area contributed by atoms with Crippen LogP contribution >= 0.6 is 0 Å². The summed E-state index contributed by atoms with van der Waals surface area (Å²) >= 11 is 0. The second kappa shape index (κ2) is 8.97. The molecule has 0 aliphatic heterocycles. The quantitative estimate of drug-likeness (QED) is 0.255. The molecule has 3 rings (SSSR count). The average molecular weight is 471 g/mol. The molecule has 0 amide bonds. The third kappa shape index (κ3) is 4.30. The summed E-state index contributed by atoms with van der Waals surface area (Å²) in [5.74, 6) is -7.37. The van der Waals surface area contributed by atoms with Crippen molar-refractivity contribution in [2.24, 2.45) is 0 Å². The van der Waals surface area contributed by atoms with Crippen LogP contribution in [0.15, 0.2) is 23.1 Å². The van der Waals surface area contributed by atoms with Crippen LogP contribution in [0.2, 0.25) is 0 Å². The number of nitrogens with zero attached hydrogens (tertiary/aromatic N) is 1. The molecule has 0 radical (unpaired) electrons. The molecule has 1 aliphatic rings. The van der Waals surface area contributed by atoms with Crippen molar-refractivity contribution in [1.82, 2.24) is 0 Å². The van der Waals surface area contributed by atoms with Gasteiger partial charge < -0.3 is 9.47 Å². The molecule has 0 bridgehead atoms. The van der Waals surface area contributed by atoms with E-state index in [1.54, 1.807) is 0 Å². The Morgan fingerprint density at radius 2 is 1.66 bits per heavy atom. The molecule has 1 aliphatic carbocycles. The second-order valence-electron chi connectivity index (χ2n) is 6.55. The third-order valence-electron chi connectivity index (χ3n) is 4.29. The summed E-state index contributed by atoms with van der Waals surface area (Å²) in [4.78, 5) is -1.59. The van der Waals surface area contributed by atoms with Gasteiger partial charge in [-0.2, -0.15) is 4.39 Å². The van der Waals surface area contributed by atoms with Crippen molar-refractivity contribution in [2.75, 3.05) is 17.5 Å². The van der Waals surface area contributed by atoms with Crippen LogP contribution in [-0.2, 0) is 10.0 Å². The van der Waals surface area contributed by atoms with Gasteiger partial charge in [0.2, 0.25) is 11.6 Å². The van der Waals surface area contributed by atoms with Gasteiger partial charge in [-0.1, -0.05) is 11.8 Å². The zero-order chi connectivity index (χ0) is 23.6.